The number of amides is 1. The first-order valence-corrected chi connectivity index (χ1v) is 23.6. The van der Waals surface area contributed by atoms with E-state index in [1.165, 1.54) is 39.3 Å². The normalized spacial score (nSPS) is 12.4. The fraction of sp³-hybridized carbons (Fsp3) is 0.596. The number of fused-ring (bicyclic) bond motifs is 3. The molecule has 0 saturated heterocycles. The van der Waals surface area contributed by atoms with Gasteiger partial charge in [-0.05, 0) is 41.3 Å². The second-order valence-electron chi connectivity index (χ2n) is 14.6. The SMILES string of the molecule is Cc1ccc(S(=O)(=O)OCCOCCOCCOCCOCCOCCOCCOCCOCCOCCOCCOCCN(C)C(=O)OCC2c3ccccc3-c3ccccc32)cc1. The van der Waals surface area contributed by atoms with Gasteiger partial charge in [0.1, 0.15) is 6.61 Å². The molecule has 3 aromatic carbocycles. The van der Waals surface area contributed by atoms with Gasteiger partial charge in [-0.1, -0.05) is 66.2 Å². The Kier molecular flexibility index (Phi) is 28.1. The second-order valence-corrected chi connectivity index (χ2v) is 16.2. The summed E-state index contributed by atoms with van der Waals surface area (Å²) in [6.45, 7) is 11.9. The van der Waals surface area contributed by atoms with Gasteiger partial charge in [0.05, 0.1) is 157 Å². The summed E-state index contributed by atoms with van der Waals surface area (Å²) in [5.41, 5.74) is 5.74. The number of rotatable bonds is 40. The van der Waals surface area contributed by atoms with Gasteiger partial charge in [0.25, 0.3) is 10.1 Å². The fourth-order valence-electron chi connectivity index (χ4n) is 6.27. The van der Waals surface area contributed by atoms with Crippen molar-refractivity contribution in [3.63, 3.8) is 0 Å². The van der Waals surface area contributed by atoms with Crippen LogP contribution in [0.4, 0.5) is 4.79 Å². The van der Waals surface area contributed by atoms with Crippen molar-refractivity contribution in [1.82, 2.24) is 4.90 Å². The lowest BCUT2D eigenvalue weighted by molar-refractivity contribution is -0.0278. The number of carbonyl (C=O) groups is 1. The number of nitrogens with zero attached hydrogens (tertiary/aromatic N) is 1. The maximum Gasteiger partial charge on any atom is 0.409 e. The summed E-state index contributed by atoms with van der Waals surface area (Å²) in [5.74, 6) is 0.0301. The van der Waals surface area contributed by atoms with E-state index in [2.05, 4.69) is 24.3 Å². The molecule has 1 aliphatic rings. The van der Waals surface area contributed by atoms with Gasteiger partial charge in [0.2, 0.25) is 0 Å². The lowest BCUT2D eigenvalue weighted by Gasteiger charge is -2.19. The first-order chi connectivity index (χ1) is 31.9. The molecule has 0 fully saturated rings. The Morgan fingerprint density at radius 3 is 1.15 bits per heavy atom. The number of aryl methyl sites for hydroxylation is 1. The highest BCUT2D eigenvalue weighted by atomic mass is 32.2. The monoisotopic (exact) mass is 935 g/mol. The van der Waals surface area contributed by atoms with Gasteiger partial charge in [-0.2, -0.15) is 8.42 Å². The molecule has 17 nitrogen and oxygen atoms in total. The number of carbonyl (C=O) groups excluding carboxylic acids is 1. The van der Waals surface area contributed by atoms with E-state index in [1.807, 2.05) is 31.2 Å². The van der Waals surface area contributed by atoms with Gasteiger partial charge in [-0.3, -0.25) is 4.18 Å². The summed E-state index contributed by atoms with van der Waals surface area (Å²) < 4.78 is 95.4. The average molecular weight is 936 g/mol. The predicted molar refractivity (Wildman–Crippen MR) is 241 cm³/mol. The van der Waals surface area contributed by atoms with Crippen molar-refractivity contribution in [3.05, 3.63) is 89.5 Å². The Morgan fingerprint density at radius 1 is 0.462 bits per heavy atom. The van der Waals surface area contributed by atoms with Crippen molar-refractivity contribution in [2.45, 2.75) is 17.7 Å². The zero-order valence-corrected chi connectivity index (χ0v) is 38.9. The molecular formula is C47H69NO16S. The van der Waals surface area contributed by atoms with Gasteiger partial charge in [0, 0.05) is 19.5 Å². The molecule has 0 radical (unpaired) electrons. The first kappa shape index (κ1) is 54.0. The van der Waals surface area contributed by atoms with Crippen LogP contribution in [0.15, 0.2) is 77.7 Å². The summed E-state index contributed by atoms with van der Waals surface area (Å²) in [7, 11) is -2.08. The third-order valence-electron chi connectivity index (χ3n) is 9.71. The minimum Gasteiger partial charge on any atom is -0.448 e. The molecule has 364 valence electrons. The Hall–Kier alpha value is -3.60. The van der Waals surface area contributed by atoms with Crippen LogP contribution in [-0.2, 0) is 71.1 Å². The number of hydrogen-bond donors (Lipinski definition) is 0. The van der Waals surface area contributed by atoms with E-state index >= 15 is 0 Å². The van der Waals surface area contributed by atoms with Gasteiger partial charge < -0.3 is 61.7 Å². The van der Waals surface area contributed by atoms with E-state index < -0.39 is 10.1 Å². The molecule has 0 unspecified atom stereocenters. The highest BCUT2D eigenvalue weighted by Crippen LogP contribution is 2.44. The maximum absolute atomic E-state index is 12.6. The minimum absolute atomic E-state index is 0.0301. The quantitative estimate of drug-likeness (QED) is 0.0563. The number of benzene rings is 3. The molecule has 0 aromatic heterocycles. The van der Waals surface area contributed by atoms with Crippen molar-refractivity contribution in [2.24, 2.45) is 0 Å². The van der Waals surface area contributed by atoms with Crippen LogP contribution < -0.4 is 0 Å². The molecule has 0 N–H and O–H groups in total. The Morgan fingerprint density at radius 2 is 0.785 bits per heavy atom. The highest BCUT2D eigenvalue weighted by molar-refractivity contribution is 7.86. The van der Waals surface area contributed by atoms with Gasteiger partial charge in [-0.25, -0.2) is 4.79 Å². The van der Waals surface area contributed by atoms with E-state index in [-0.39, 0.29) is 30.1 Å². The topological polar surface area (TPSA) is 174 Å². The van der Waals surface area contributed by atoms with E-state index in [9.17, 15) is 13.2 Å². The molecule has 0 atom stereocenters. The van der Waals surface area contributed by atoms with Crippen molar-refractivity contribution in [3.8, 4) is 11.1 Å². The van der Waals surface area contributed by atoms with E-state index in [0.29, 0.717) is 152 Å². The lowest BCUT2D eigenvalue weighted by Crippen LogP contribution is -2.32. The molecule has 0 bridgehead atoms. The number of likely N-dealkylation sites (N-methyl/N-ethyl adjacent to an activating group) is 1. The van der Waals surface area contributed by atoms with Crippen LogP contribution >= 0.6 is 0 Å². The molecule has 0 saturated carbocycles. The van der Waals surface area contributed by atoms with Gasteiger partial charge in [0.15, 0.2) is 0 Å². The smallest absolute Gasteiger partial charge is 0.409 e. The minimum atomic E-state index is -3.79. The zero-order valence-electron chi connectivity index (χ0n) is 38.1. The number of ether oxygens (including phenoxy) is 12. The van der Waals surface area contributed by atoms with Gasteiger partial charge in [-0.15, -0.1) is 0 Å². The number of hydrogen-bond acceptors (Lipinski definition) is 16. The Bertz CT molecular complexity index is 1760. The van der Waals surface area contributed by atoms with Crippen molar-refractivity contribution >= 4 is 16.2 Å². The maximum atomic E-state index is 12.6. The third kappa shape index (κ3) is 22.6. The molecule has 0 heterocycles. The van der Waals surface area contributed by atoms with Crippen LogP contribution in [-0.4, -0.2) is 192 Å². The van der Waals surface area contributed by atoms with Crippen LogP contribution in [0.5, 0.6) is 0 Å². The zero-order chi connectivity index (χ0) is 46.1. The average Bonchev–Trinajstić information content (AvgIpc) is 3.63. The van der Waals surface area contributed by atoms with Crippen LogP contribution in [0.25, 0.3) is 11.1 Å². The molecule has 0 aliphatic heterocycles. The van der Waals surface area contributed by atoms with Crippen LogP contribution in [0, 0.1) is 6.92 Å². The highest BCUT2D eigenvalue weighted by Gasteiger charge is 2.29. The summed E-state index contributed by atoms with van der Waals surface area (Å²) in [6.07, 6.45) is -0.372. The second kappa shape index (κ2) is 33.8. The van der Waals surface area contributed by atoms with E-state index in [0.717, 1.165) is 5.56 Å². The molecule has 1 amide bonds. The molecule has 3 aromatic rings. The third-order valence-corrected chi connectivity index (χ3v) is 11.0. The standard InChI is InChI=1S/C47H69NO16S/c1-40-11-13-41(14-12-40)65(50,51)64-38-37-62-36-35-61-34-33-60-32-31-59-30-29-58-28-27-57-26-25-56-24-23-55-22-21-54-20-19-53-18-17-52-16-15-48(2)47(49)63-39-46-44-9-5-3-7-42(44)43-8-4-6-10-45(43)46/h3-14,46H,15-39H2,1-2H3. The fourth-order valence-corrected chi connectivity index (χ4v) is 7.17. The molecule has 65 heavy (non-hydrogen) atoms. The summed E-state index contributed by atoms with van der Waals surface area (Å²) in [4.78, 5) is 14.3. The van der Waals surface area contributed by atoms with Gasteiger partial charge >= 0.3 is 6.09 Å². The lowest BCUT2D eigenvalue weighted by atomic mass is 9.98. The Labute approximate surface area is 384 Å². The largest absolute Gasteiger partial charge is 0.448 e. The molecule has 1 aliphatic carbocycles. The van der Waals surface area contributed by atoms with Crippen molar-refractivity contribution in [2.75, 3.05) is 172 Å². The molecule has 0 spiro atoms. The van der Waals surface area contributed by atoms with Crippen molar-refractivity contribution in [1.29, 1.82) is 0 Å². The van der Waals surface area contributed by atoms with E-state index in [4.69, 9.17) is 61.0 Å². The Balaban J connectivity index is 0.779. The predicted octanol–water partition coefficient (Wildman–Crippen LogP) is 4.76. The summed E-state index contributed by atoms with van der Waals surface area (Å²) in [6, 6.07) is 23.0. The first-order valence-electron chi connectivity index (χ1n) is 22.2. The summed E-state index contributed by atoms with van der Waals surface area (Å²) >= 11 is 0. The van der Waals surface area contributed by atoms with Crippen molar-refractivity contribution < 1.29 is 74.2 Å². The summed E-state index contributed by atoms with van der Waals surface area (Å²) in [5, 5.41) is 0. The van der Waals surface area contributed by atoms with Crippen LogP contribution in [0.3, 0.4) is 0 Å². The van der Waals surface area contributed by atoms with E-state index in [1.54, 1.807) is 19.2 Å². The van der Waals surface area contributed by atoms with Crippen LogP contribution in [0.2, 0.25) is 0 Å². The molecular weight excluding hydrogens is 867 g/mol. The molecule has 4 rings (SSSR count). The molecule has 18 heteroatoms. The van der Waals surface area contributed by atoms with Crippen LogP contribution in [0.1, 0.15) is 22.6 Å².